The SMILES string of the molecule is Cc1ccc([C@H](C)NC(=O)c2ccc(C(C)(C)C)cc2)c(C)c1. The number of aryl methyl sites for hydroxylation is 2. The number of carbonyl (C=O) groups excluding carboxylic acids is 1. The summed E-state index contributed by atoms with van der Waals surface area (Å²) in [4.78, 5) is 12.5. The molecule has 2 aromatic rings. The van der Waals surface area contributed by atoms with E-state index in [2.05, 4.69) is 58.1 Å². The highest BCUT2D eigenvalue weighted by Crippen LogP contribution is 2.23. The summed E-state index contributed by atoms with van der Waals surface area (Å²) in [5.41, 5.74) is 5.64. The molecule has 1 amide bonds. The number of rotatable bonds is 3. The van der Waals surface area contributed by atoms with Gasteiger partial charge in [0.05, 0.1) is 6.04 Å². The lowest BCUT2D eigenvalue weighted by Crippen LogP contribution is -2.27. The molecule has 1 N–H and O–H groups in total. The molecule has 0 heterocycles. The van der Waals surface area contributed by atoms with Gasteiger partial charge in [0.1, 0.15) is 0 Å². The van der Waals surface area contributed by atoms with E-state index in [1.165, 1.54) is 16.7 Å². The van der Waals surface area contributed by atoms with Gasteiger partial charge in [0.2, 0.25) is 0 Å². The molecule has 0 aromatic heterocycles. The first-order chi connectivity index (χ1) is 10.7. The smallest absolute Gasteiger partial charge is 0.251 e. The van der Waals surface area contributed by atoms with Gasteiger partial charge in [0.25, 0.3) is 5.91 Å². The quantitative estimate of drug-likeness (QED) is 0.840. The molecule has 0 fully saturated rings. The summed E-state index contributed by atoms with van der Waals surface area (Å²) >= 11 is 0. The summed E-state index contributed by atoms with van der Waals surface area (Å²) in [7, 11) is 0. The average molecular weight is 309 g/mol. The Labute approximate surface area is 139 Å². The minimum atomic E-state index is -0.0297. The van der Waals surface area contributed by atoms with Crippen molar-refractivity contribution in [1.82, 2.24) is 5.32 Å². The third kappa shape index (κ3) is 4.22. The van der Waals surface area contributed by atoms with Crippen molar-refractivity contribution >= 4 is 5.91 Å². The molecule has 122 valence electrons. The Morgan fingerprint density at radius 1 is 1.00 bits per heavy atom. The van der Waals surface area contributed by atoms with E-state index in [0.717, 1.165) is 5.56 Å². The minimum absolute atomic E-state index is 0.00890. The molecular formula is C21H27NO. The van der Waals surface area contributed by atoms with Crippen molar-refractivity contribution in [3.63, 3.8) is 0 Å². The molecule has 0 unspecified atom stereocenters. The lowest BCUT2D eigenvalue weighted by Gasteiger charge is -2.20. The summed E-state index contributed by atoms with van der Waals surface area (Å²) in [6.07, 6.45) is 0. The molecular weight excluding hydrogens is 282 g/mol. The Bertz CT molecular complexity index is 693. The van der Waals surface area contributed by atoms with E-state index in [1.807, 2.05) is 31.2 Å². The molecule has 0 aliphatic carbocycles. The van der Waals surface area contributed by atoms with Gasteiger partial charge in [0, 0.05) is 5.56 Å². The normalized spacial score (nSPS) is 12.8. The zero-order chi connectivity index (χ0) is 17.2. The van der Waals surface area contributed by atoms with Crippen LogP contribution in [0.5, 0.6) is 0 Å². The Morgan fingerprint density at radius 3 is 2.13 bits per heavy atom. The lowest BCUT2D eigenvalue weighted by molar-refractivity contribution is 0.0940. The third-order valence-corrected chi connectivity index (χ3v) is 4.25. The van der Waals surface area contributed by atoms with Crippen molar-refractivity contribution in [2.75, 3.05) is 0 Å². The number of nitrogens with one attached hydrogen (secondary N) is 1. The van der Waals surface area contributed by atoms with Crippen LogP contribution >= 0.6 is 0 Å². The van der Waals surface area contributed by atoms with Crippen LogP contribution in [0.4, 0.5) is 0 Å². The highest BCUT2D eigenvalue weighted by atomic mass is 16.1. The highest BCUT2D eigenvalue weighted by Gasteiger charge is 2.16. The molecule has 2 aromatic carbocycles. The van der Waals surface area contributed by atoms with Crippen LogP contribution in [0.25, 0.3) is 0 Å². The summed E-state index contributed by atoms with van der Waals surface area (Å²) in [5, 5.41) is 3.09. The molecule has 0 aliphatic heterocycles. The maximum atomic E-state index is 12.5. The van der Waals surface area contributed by atoms with Gasteiger partial charge in [-0.3, -0.25) is 4.79 Å². The van der Waals surface area contributed by atoms with E-state index < -0.39 is 0 Å². The van der Waals surface area contributed by atoms with Crippen molar-refractivity contribution < 1.29 is 4.79 Å². The molecule has 0 saturated carbocycles. The van der Waals surface area contributed by atoms with E-state index in [0.29, 0.717) is 5.56 Å². The Hall–Kier alpha value is -2.09. The summed E-state index contributed by atoms with van der Waals surface area (Å²) < 4.78 is 0. The number of carbonyl (C=O) groups is 1. The molecule has 0 radical (unpaired) electrons. The van der Waals surface area contributed by atoms with Crippen LogP contribution in [-0.4, -0.2) is 5.91 Å². The summed E-state index contributed by atoms with van der Waals surface area (Å²) in [5.74, 6) is -0.0297. The standard InChI is InChI=1S/C21H27NO/c1-14-7-12-19(15(2)13-14)16(3)22-20(23)17-8-10-18(11-9-17)21(4,5)6/h7-13,16H,1-6H3,(H,22,23)/t16-/m0/s1. The van der Waals surface area contributed by atoms with Crippen LogP contribution in [0, 0.1) is 13.8 Å². The number of amides is 1. The van der Waals surface area contributed by atoms with Crippen molar-refractivity contribution in [2.24, 2.45) is 0 Å². The lowest BCUT2D eigenvalue weighted by atomic mass is 9.86. The Kier molecular flexibility index (Phi) is 4.93. The fourth-order valence-electron chi connectivity index (χ4n) is 2.79. The molecule has 2 rings (SSSR count). The fraction of sp³-hybridized carbons (Fsp3) is 0.381. The van der Waals surface area contributed by atoms with Gasteiger partial charge < -0.3 is 5.32 Å². The Morgan fingerprint density at radius 2 is 1.61 bits per heavy atom. The second kappa shape index (κ2) is 6.57. The van der Waals surface area contributed by atoms with Gasteiger partial charge in [0.15, 0.2) is 0 Å². The average Bonchev–Trinajstić information content (AvgIpc) is 2.46. The highest BCUT2D eigenvalue weighted by molar-refractivity contribution is 5.94. The molecule has 0 saturated heterocycles. The van der Waals surface area contributed by atoms with Crippen molar-refractivity contribution in [2.45, 2.75) is 53.0 Å². The van der Waals surface area contributed by atoms with Gasteiger partial charge in [-0.25, -0.2) is 0 Å². The molecule has 2 nitrogen and oxygen atoms in total. The third-order valence-electron chi connectivity index (χ3n) is 4.25. The van der Waals surface area contributed by atoms with Crippen LogP contribution in [0.15, 0.2) is 42.5 Å². The first-order valence-corrected chi connectivity index (χ1v) is 8.17. The van der Waals surface area contributed by atoms with Crippen LogP contribution in [0.3, 0.4) is 0 Å². The van der Waals surface area contributed by atoms with E-state index in [1.54, 1.807) is 0 Å². The predicted octanol–water partition coefficient (Wildman–Crippen LogP) is 5.09. The van der Waals surface area contributed by atoms with Gasteiger partial charge in [-0.1, -0.05) is 56.7 Å². The first-order valence-electron chi connectivity index (χ1n) is 8.17. The van der Waals surface area contributed by atoms with Crippen molar-refractivity contribution in [3.8, 4) is 0 Å². The molecule has 0 bridgehead atoms. The van der Waals surface area contributed by atoms with Crippen LogP contribution in [0.1, 0.15) is 66.3 Å². The topological polar surface area (TPSA) is 29.1 Å². The van der Waals surface area contributed by atoms with E-state index in [9.17, 15) is 4.79 Å². The number of benzene rings is 2. The zero-order valence-electron chi connectivity index (χ0n) is 15.0. The van der Waals surface area contributed by atoms with Gasteiger partial charge in [-0.05, 0) is 55.0 Å². The molecule has 0 aliphatic rings. The summed E-state index contributed by atoms with van der Waals surface area (Å²) in [6, 6.07) is 14.2. The first kappa shape index (κ1) is 17.3. The minimum Gasteiger partial charge on any atom is -0.346 e. The molecule has 1 atom stereocenters. The van der Waals surface area contributed by atoms with E-state index >= 15 is 0 Å². The maximum Gasteiger partial charge on any atom is 0.251 e. The van der Waals surface area contributed by atoms with E-state index in [4.69, 9.17) is 0 Å². The van der Waals surface area contributed by atoms with Crippen molar-refractivity contribution in [1.29, 1.82) is 0 Å². The fourth-order valence-corrected chi connectivity index (χ4v) is 2.79. The van der Waals surface area contributed by atoms with Gasteiger partial charge in [-0.15, -0.1) is 0 Å². The Balaban J connectivity index is 2.12. The maximum absolute atomic E-state index is 12.5. The van der Waals surface area contributed by atoms with E-state index in [-0.39, 0.29) is 17.4 Å². The molecule has 23 heavy (non-hydrogen) atoms. The van der Waals surface area contributed by atoms with Crippen molar-refractivity contribution in [3.05, 3.63) is 70.3 Å². The van der Waals surface area contributed by atoms with Gasteiger partial charge >= 0.3 is 0 Å². The summed E-state index contributed by atoms with van der Waals surface area (Å²) in [6.45, 7) is 12.7. The van der Waals surface area contributed by atoms with Gasteiger partial charge in [-0.2, -0.15) is 0 Å². The predicted molar refractivity (Wildman–Crippen MR) is 96.9 cm³/mol. The monoisotopic (exact) mass is 309 g/mol. The number of hydrogen-bond acceptors (Lipinski definition) is 1. The van der Waals surface area contributed by atoms with Crippen LogP contribution < -0.4 is 5.32 Å². The second-order valence-electron chi connectivity index (χ2n) is 7.38. The largest absolute Gasteiger partial charge is 0.346 e. The van der Waals surface area contributed by atoms with Crippen LogP contribution in [0.2, 0.25) is 0 Å². The van der Waals surface area contributed by atoms with Crippen LogP contribution in [-0.2, 0) is 5.41 Å². The second-order valence-corrected chi connectivity index (χ2v) is 7.38. The number of hydrogen-bond donors (Lipinski definition) is 1. The molecule has 2 heteroatoms. The zero-order valence-corrected chi connectivity index (χ0v) is 15.0. The molecule has 0 spiro atoms.